The molecule has 0 saturated heterocycles. The molecule has 3 rings (SSSR count). The van der Waals surface area contributed by atoms with Crippen molar-refractivity contribution in [2.45, 2.75) is 13.8 Å². The van der Waals surface area contributed by atoms with Gasteiger partial charge in [0.25, 0.3) is 0 Å². The molecule has 0 radical (unpaired) electrons. The Labute approximate surface area is 184 Å². The van der Waals surface area contributed by atoms with E-state index in [4.69, 9.17) is 14.3 Å². The minimum absolute atomic E-state index is 0.0887. The minimum Gasteiger partial charge on any atom is -0.496 e. The number of nitrogens with two attached hydrogens (primary N) is 1. The van der Waals surface area contributed by atoms with Gasteiger partial charge in [-0.15, -0.1) is 0 Å². The Kier molecular flexibility index (Phi) is 10.9. The number of carbonyl (C=O) groups is 2. The molecule has 0 aliphatic rings. The van der Waals surface area contributed by atoms with Gasteiger partial charge in [0.1, 0.15) is 11.5 Å². The topological polar surface area (TPSA) is 107 Å². The maximum absolute atomic E-state index is 11.3. The molecule has 0 aliphatic carbocycles. The second kappa shape index (κ2) is 13.2. The van der Waals surface area contributed by atoms with Crippen LogP contribution in [0.1, 0.15) is 21.5 Å². The normalized spacial score (nSPS) is 9.37. The van der Waals surface area contributed by atoms with Gasteiger partial charge in [-0.25, -0.2) is 4.98 Å². The zero-order valence-electron chi connectivity index (χ0n) is 17.4. The lowest BCUT2D eigenvalue weighted by Crippen LogP contribution is -2.00. The number of amides is 1. The van der Waals surface area contributed by atoms with E-state index < -0.39 is 0 Å². The van der Waals surface area contributed by atoms with Gasteiger partial charge in [0.2, 0.25) is 6.41 Å². The molecule has 3 N–H and O–H groups in total. The lowest BCUT2D eigenvalue weighted by Gasteiger charge is -2.05. The number of alkyl halides is 1. The number of ketones is 1. The molecular weight excluding hydrogens is 450 g/mol. The largest absolute Gasteiger partial charge is 0.496 e. The number of aromatic nitrogens is 2. The van der Waals surface area contributed by atoms with Crippen LogP contribution in [0.5, 0.6) is 11.5 Å². The number of halogens is 1. The van der Waals surface area contributed by atoms with Crippen LogP contribution in [-0.2, 0) is 4.79 Å². The Hall–Kier alpha value is -3.13. The molecule has 3 aromatic rings. The molecule has 1 amide bonds. The summed E-state index contributed by atoms with van der Waals surface area (Å²) in [6, 6.07) is 11.5. The second-order valence-corrected chi connectivity index (χ2v) is 6.59. The number of H-pyrrole nitrogens is 1. The van der Waals surface area contributed by atoms with E-state index in [1.165, 1.54) is 0 Å². The van der Waals surface area contributed by atoms with E-state index in [2.05, 4.69) is 37.7 Å². The summed E-state index contributed by atoms with van der Waals surface area (Å²) in [4.78, 5) is 26.9. The van der Waals surface area contributed by atoms with Crippen LogP contribution < -0.4 is 15.2 Å². The number of primary amides is 1. The fourth-order valence-electron chi connectivity index (χ4n) is 2.59. The number of rotatable bonds is 5. The maximum atomic E-state index is 11.3. The third-order valence-electron chi connectivity index (χ3n) is 4.04. The number of Topliss-reactive ketones (excluding diaryl/α,β-unsaturated/α-hetero) is 1. The highest BCUT2D eigenvalue weighted by Gasteiger charge is 2.06. The van der Waals surface area contributed by atoms with E-state index in [1.807, 2.05) is 38.1 Å². The molecule has 0 atom stereocenters. The van der Waals surface area contributed by atoms with Crippen LogP contribution in [0.3, 0.4) is 0 Å². The first-order valence-electron chi connectivity index (χ1n) is 8.94. The van der Waals surface area contributed by atoms with Gasteiger partial charge in [-0.05, 0) is 61.4 Å². The summed E-state index contributed by atoms with van der Waals surface area (Å²) >= 11 is 3.13. The molecule has 0 aliphatic heterocycles. The highest BCUT2D eigenvalue weighted by Crippen LogP contribution is 2.24. The summed E-state index contributed by atoms with van der Waals surface area (Å²) in [5.41, 5.74) is 9.14. The quantitative estimate of drug-likeness (QED) is 0.328. The first-order chi connectivity index (χ1) is 14.4. The van der Waals surface area contributed by atoms with Gasteiger partial charge in [0.05, 0.1) is 37.8 Å². The van der Waals surface area contributed by atoms with Crippen LogP contribution in [-0.4, -0.2) is 41.7 Å². The number of nitrogens with one attached hydrogen (secondary N) is 1. The molecule has 7 nitrogen and oxygen atoms in total. The highest BCUT2D eigenvalue weighted by atomic mass is 79.9. The number of imidazole rings is 1. The zero-order valence-corrected chi connectivity index (χ0v) is 19.0. The molecule has 1 aromatic heterocycles. The van der Waals surface area contributed by atoms with Crippen molar-refractivity contribution in [2.75, 3.05) is 19.5 Å². The number of aryl methyl sites for hydroxylation is 2. The Morgan fingerprint density at radius 2 is 1.67 bits per heavy atom. The van der Waals surface area contributed by atoms with E-state index in [9.17, 15) is 4.79 Å². The van der Waals surface area contributed by atoms with E-state index in [-0.39, 0.29) is 12.2 Å². The van der Waals surface area contributed by atoms with Crippen LogP contribution in [0.25, 0.3) is 11.3 Å². The molecule has 0 fully saturated rings. The SMILES string of the molecule is COc1ccc(-c2cnc[nH]2)cc1C.COc1ccc(C(=O)CBr)cc1C.NC=O. The molecule has 160 valence electrons. The molecule has 8 heteroatoms. The van der Waals surface area contributed by atoms with E-state index in [1.54, 1.807) is 32.8 Å². The third-order valence-corrected chi connectivity index (χ3v) is 4.55. The fraction of sp³-hybridized carbons (Fsp3) is 0.227. The van der Waals surface area contributed by atoms with Crippen molar-refractivity contribution < 1.29 is 19.1 Å². The number of aromatic amines is 1. The number of carbonyl (C=O) groups excluding carboxylic acids is 2. The molecule has 0 saturated carbocycles. The molecule has 0 unspecified atom stereocenters. The summed E-state index contributed by atoms with van der Waals surface area (Å²) in [6.07, 6.45) is 3.73. The number of benzene rings is 2. The number of ether oxygens (including phenoxy) is 2. The van der Waals surface area contributed by atoms with Gasteiger partial charge in [-0.1, -0.05) is 15.9 Å². The van der Waals surface area contributed by atoms with Gasteiger partial charge in [-0.3, -0.25) is 9.59 Å². The third kappa shape index (κ3) is 7.36. The van der Waals surface area contributed by atoms with Crippen molar-refractivity contribution in [3.05, 3.63) is 65.6 Å². The maximum Gasteiger partial charge on any atom is 0.204 e. The summed E-state index contributed by atoms with van der Waals surface area (Å²) < 4.78 is 10.3. The summed E-state index contributed by atoms with van der Waals surface area (Å²) in [7, 11) is 3.30. The summed E-state index contributed by atoms with van der Waals surface area (Å²) in [6.45, 7) is 3.95. The monoisotopic (exact) mass is 475 g/mol. The fourth-order valence-corrected chi connectivity index (χ4v) is 2.91. The average Bonchev–Trinajstić information content (AvgIpc) is 3.29. The number of methoxy groups -OCH3 is 2. The van der Waals surface area contributed by atoms with Crippen LogP contribution >= 0.6 is 15.9 Å². The molecule has 0 spiro atoms. The van der Waals surface area contributed by atoms with Crippen LogP contribution in [0.15, 0.2) is 48.9 Å². The molecule has 1 heterocycles. The van der Waals surface area contributed by atoms with Gasteiger partial charge < -0.3 is 20.2 Å². The molecule has 0 bridgehead atoms. The number of nitrogens with zero attached hydrogens (tertiary/aromatic N) is 1. The highest BCUT2D eigenvalue weighted by molar-refractivity contribution is 9.09. The van der Waals surface area contributed by atoms with Crippen molar-refractivity contribution in [1.29, 1.82) is 0 Å². The Balaban J connectivity index is 0.000000266. The van der Waals surface area contributed by atoms with E-state index in [0.717, 1.165) is 39.4 Å². The Morgan fingerprint density at radius 1 is 1.10 bits per heavy atom. The number of hydrogen-bond donors (Lipinski definition) is 2. The van der Waals surface area contributed by atoms with Crippen molar-refractivity contribution in [1.82, 2.24) is 9.97 Å². The molecule has 2 aromatic carbocycles. The van der Waals surface area contributed by atoms with Crippen LogP contribution in [0, 0.1) is 13.8 Å². The van der Waals surface area contributed by atoms with Crippen LogP contribution in [0.4, 0.5) is 0 Å². The first-order valence-corrected chi connectivity index (χ1v) is 10.1. The summed E-state index contributed by atoms with van der Waals surface area (Å²) in [5, 5.41) is 0.360. The predicted molar refractivity (Wildman–Crippen MR) is 121 cm³/mol. The van der Waals surface area contributed by atoms with Crippen molar-refractivity contribution >= 4 is 28.1 Å². The van der Waals surface area contributed by atoms with Crippen LogP contribution in [0.2, 0.25) is 0 Å². The Bertz CT molecular complexity index is 944. The van der Waals surface area contributed by atoms with Gasteiger partial charge in [0, 0.05) is 11.1 Å². The van der Waals surface area contributed by atoms with E-state index >= 15 is 0 Å². The molecular formula is C22H26BrN3O4. The van der Waals surface area contributed by atoms with Crippen molar-refractivity contribution in [3.63, 3.8) is 0 Å². The van der Waals surface area contributed by atoms with Gasteiger partial charge in [0.15, 0.2) is 5.78 Å². The smallest absolute Gasteiger partial charge is 0.204 e. The van der Waals surface area contributed by atoms with Crippen molar-refractivity contribution in [3.8, 4) is 22.8 Å². The molecule has 30 heavy (non-hydrogen) atoms. The lowest BCUT2D eigenvalue weighted by atomic mass is 10.1. The first kappa shape index (κ1) is 24.9. The Morgan fingerprint density at radius 3 is 2.10 bits per heavy atom. The van der Waals surface area contributed by atoms with Gasteiger partial charge >= 0.3 is 0 Å². The standard InChI is InChI=1S/C11H12N2O.C10H11BrO2.CH3NO/c1-8-5-9(3-4-11(8)14-2)10-6-12-7-13-10;1-7-5-8(9(12)6-11)3-4-10(7)13-2;2-1-3/h3-7H,1-2H3,(H,12,13);3-5H,6H2,1-2H3;1H,(H2,2,3). The summed E-state index contributed by atoms with van der Waals surface area (Å²) in [5.74, 6) is 1.81. The zero-order chi connectivity index (χ0) is 22.5. The lowest BCUT2D eigenvalue weighted by molar-refractivity contribution is -0.106. The second-order valence-electron chi connectivity index (χ2n) is 6.03. The minimum atomic E-state index is 0.0887. The average molecular weight is 476 g/mol. The van der Waals surface area contributed by atoms with E-state index in [0.29, 0.717) is 5.33 Å². The van der Waals surface area contributed by atoms with Crippen molar-refractivity contribution in [2.24, 2.45) is 5.73 Å². The van der Waals surface area contributed by atoms with Gasteiger partial charge in [-0.2, -0.15) is 0 Å². The predicted octanol–water partition coefficient (Wildman–Crippen LogP) is 4.08. The number of hydrogen-bond acceptors (Lipinski definition) is 5.